The number of nitrogens with one attached hydrogen (secondary N) is 1. The van der Waals surface area contributed by atoms with E-state index in [2.05, 4.69) is 19.2 Å². The highest BCUT2D eigenvalue weighted by Crippen LogP contribution is 2.23. The van der Waals surface area contributed by atoms with Crippen molar-refractivity contribution in [3.8, 4) is 0 Å². The lowest BCUT2D eigenvalue weighted by molar-refractivity contribution is 0.140. The normalized spacial score (nSPS) is 29.5. The number of hydrogen-bond donors (Lipinski definition) is 1. The van der Waals surface area contributed by atoms with Crippen molar-refractivity contribution in [2.45, 2.75) is 40.3 Å². The van der Waals surface area contributed by atoms with Crippen molar-refractivity contribution in [2.75, 3.05) is 13.1 Å². The van der Waals surface area contributed by atoms with Crippen LogP contribution in [0.5, 0.6) is 0 Å². The second kappa shape index (κ2) is 6.41. The molecule has 0 radical (unpaired) electrons. The van der Waals surface area contributed by atoms with Gasteiger partial charge in [-0.1, -0.05) is 27.7 Å². The Bertz CT molecular complexity index is 104. The molecular formula is C10H22FN. The molecule has 0 bridgehead atoms. The molecule has 0 saturated carbocycles. The minimum absolute atomic E-state index is 0.293. The van der Waals surface area contributed by atoms with Crippen molar-refractivity contribution in [1.82, 2.24) is 5.32 Å². The summed E-state index contributed by atoms with van der Waals surface area (Å²) in [6.45, 7) is 9.75. The monoisotopic (exact) mass is 175 g/mol. The number of rotatable bonds is 1. The maximum absolute atomic E-state index is 13.0. The molecule has 0 spiro atoms. The molecule has 12 heavy (non-hydrogen) atoms. The summed E-state index contributed by atoms with van der Waals surface area (Å²) in [6.07, 6.45) is 0.382. The highest BCUT2D eigenvalue weighted by Gasteiger charge is 2.26. The molecular weight excluding hydrogens is 153 g/mol. The van der Waals surface area contributed by atoms with E-state index in [4.69, 9.17) is 0 Å². The Morgan fingerprint density at radius 3 is 2.25 bits per heavy atom. The first-order chi connectivity index (χ1) is 5.72. The molecule has 2 atom stereocenters. The van der Waals surface area contributed by atoms with Gasteiger partial charge in [0.1, 0.15) is 6.17 Å². The molecule has 0 aromatic rings. The summed E-state index contributed by atoms with van der Waals surface area (Å²) in [6, 6.07) is 0. The van der Waals surface area contributed by atoms with Crippen LogP contribution < -0.4 is 5.32 Å². The molecule has 74 valence electrons. The topological polar surface area (TPSA) is 12.0 Å². The van der Waals surface area contributed by atoms with Crippen molar-refractivity contribution in [2.24, 2.45) is 11.8 Å². The van der Waals surface area contributed by atoms with Crippen LogP contribution in [0.15, 0.2) is 0 Å². The number of hydrogen-bond acceptors (Lipinski definition) is 1. The van der Waals surface area contributed by atoms with Gasteiger partial charge in [-0.05, 0) is 24.8 Å². The van der Waals surface area contributed by atoms with E-state index in [0.29, 0.717) is 18.4 Å². The van der Waals surface area contributed by atoms with Crippen molar-refractivity contribution in [3.63, 3.8) is 0 Å². The zero-order valence-electron chi connectivity index (χ0n) is 8.73. The molecule has 1 aliphatic heterocycles. The van der Waals surface area contributed by atoms with Gasteiger partial charge in [0.2, 0.25) is 0 Å². The van der Waals surface area contributed by atoms with Crippen molar-refractivity contribution in [1.29, 1.82) is 0 Å². The number of alkyl halides is 1. The lowest BCUT2D eigenvalue weighted by atomic mass is 9.86. The van der Waals surface area contributed by atoms with E-state index in [1.54, 1.807) is 0 Å². The summed E-state index contributed by atoms with van der Waals surface area (Å²) in [7, 11) is 0. The average Bonchev–Trinajstić information content (AvgIpc) is 2.08. The molecule has 1 saturated heterocycles. The van der Waals surface area contributed by atoms with E-state index in [9.17, 15) is 4.39 Å². The molecule has 1 heterocycles. The largest absolute Gasteiger partial charge is 0.314 e. The molecule has 1 aliphatic rings. The highest BCUT2D eigenvalue weighted by molar-refractivity contribution is 4.79. The lowest BCUT2D eigenvalue weighted by Crippen LogP contribution is -2.40. The molecule has 2 heteroatoms. The Hall–Kier alpha value is -0.110. The molecule has 0 aromatic carbocycles. The fourth-order valence-corrected chi connectivity index (χ4v) is 1.59. The van der Waals surface area contributed by atoms with Crippen LogP contribution >= 0.6 is 0 Å². The van der Waals surface area contributed by atoms with Crippen LogP contribution in [-0.4, -0.2) is 19.3 Å². The fraction of sp³-hybridized carbons (Fsp3) is 1.00. The van der Waals surface area contributed by atoms with Crippen LogP contribution in [0.2, 0.25) is 0 Å². The van der Waals surface area contributed by atoms with Gasteiger partial charge >= 0.3 is 0 Å². The highest BCUT2D eigenvalue weighted by atomic mass is 19.1. The van der Waals surface area contributed by atoms with Crippen molar-refractivity contribution in [3.05, 3.63) is 0 Å². The second-order valence-electron chi connectivity index (χ2n) is 3.42. The molecule has 0 aliphatic carbocycles. The quantitative estimate of drug-likeness (QED) is 0.646. The van der Waals surface area contributed by atoms with E-state index in [0.717, 1.165) is 13.0 Å². The zero-order chi connectivity index (χ0) is 9.56. The standard InChI is InChI=1S/C8H16FN.C2H6/c1-6(2)7-3-4-10-5-8(7)9;1-2/h6-8,10H,3-5H2,1-2H3;1-2H3. The predicted molar refractivity (Wildman–Crippen MR) is 52.1 cm³/mol. The Morgan fingerprint density at radius 1 is 1.33 bits per heavy atom. The van der Waals surface area contributed by atoms with Gasteiger partial charge in [0.25, 0.3) is 0 Å². The van der Waals surface area contributed by atoms with Gasteiger partial charge in [0.05, 0.1) is 0 Å². The van der Waals surface area contributed by atoms with Gasteiger partial charge in [-0.15, -0.1) is 0 Å². The summed E-state index contributed by atoms with van der Waals surface area (Å²) in [4.78, 5) is 0. The molecule has 1 rings (SSSR count). The van der Waals surface area contributed by atoms with E-state index < -0.39 is 6.17 Å². The third-order valence-corrected chi connectivity index (χ3v) is 2.31. The summed E-state index contributed by atoms with van der Waals surface area (Å²) in [5, 5.41) is 3.04. The average molecular weight is 175 g/mol. The van der Waals surface area contributed by atoms with Crippen molar-refractivity contribution >= 4 is 0 Å². The molecule has 1 nitrogen and oxygen atoms in total. The zero-order valence-corrected chi connectivity index (χ0v) is 8.73. The van der Waals surface area contributed by atoms with Crippen LogP contribution in [0.4, 0.5) is 4.39 Å². The van der Waals surface area contributed by atoms with Gasteiger partial charge in [-0.3, -0.25) is 0 Å². The summed E-state index contributed by atoms with van der Waals surface area (Å²) >= 11 is 0. The molecule has 0 aromatic heterocycles. The van der Waals surface area contributed by atoms with E-state index >= 15 is 0 Å². The first kappa shape index (κ1) is 11.9. The minimum Gasteiger partial charge on any atom is -0.314 e. The second-order valence-corrected chi connectivity index (χ2v) is 3.42. The maximum atomic E-state index is 13.0. The molecule has 0 amide bonds. The Labute approximate surface area is 75.7 Å². The van der Waals surface area contributed by atoms with E-state index in [1.165, 1.54) is 0 Å². The third kappa shape index (κ3) is 3.53. The first-order valence-corrected chi connectivity index (χ1v) is 5.06. The van der Waals surface area contributed by atoms with E-state index in [-0.39, 0.29) is 0 Å². The van der Waals surface area contributed by atoms with Crippen LogP contribution in [0.25, 0.3) is 0 Å². The number of piperidine rings is 1. The van der Waals surface area contributed by atoms with Crippen LogP contribution in [-0.2, 0) is 0 Å². The Kier molecular flexibility index (Phi) is 6.35. The van der Waals surface area contributed by atoms with Crippen molar-refractivity contribution < 1.29 is 4.39 Å². The van der Waals surface area contributed by atoms with E-state index in [1.807, 2.05) is 13.8 Å². The fourth-order valence-electron chi connectivity index (χ4n) is 1.59. The minimum atomic E-state index is -0.617. The molecule has 1 fully saturated rings. The van der Waals surface area contributed by atoms with Gasteiger partial charge in [0, 0.05) is 6.54 Å². The Morgan fingerprint density at radius 2 is 1.92 bits per heavy atom. The summed E-state index contributed by atoms with van der Waals surface area (Å²) in [5.41, 5.74) is 0. The molecule has 1 N–H and O–H groups in total. The van der Waals surface area contributed by atoms with Crippen LogP contribution in [0.1, 0.15) is 34.1 Å². The van der Waals surface area contributed by atoms with Gasteiger partial charge < -0.3 is 5.32 Å². The predicted octanol–water partition coefficient (Wildman–Crippen LogP) is 2.62. The van der Waals surface area contributed by atoms with Gasteiger partial charge in [0.15, 0.2) is 0 Å². The van der Waals surface area contributed by atoms with Crippen LogP contribution in [0.3, 0.4) is 0 Å². The smallest absolute Gasteiger partial charge is 0.116 e. The third-order valence-electron chi connectivity index (χ3n) is 2.31. The lowest BCUT2D eigenvalue weighted by Gasteiger charge is -2.29. The summed E-state index contributed by atoms with van der Waals surface area (Å²) in [5.74, 6) is 0.790. The SMILES string of the molecule is CC.CC(C)C1CCNCC1F. The van der Waals surface area contributed by atoms with Gasteiger partial charge in [-0.25, -0.2) is 4.39 Å². The maximum Gasteiger partial charge on any atom is 0.116 e. The molecule has 2 unspecified atom stereocenters. The first-order valence-electron chi connectivity index (χ1n) is 5.06. The van der Waals surface area contributed by atoms with Gasteiger partial charge in [-0.2, -0.15) is 0 Å². The number of halogens is 1. The summed E-state index contributed by atoms with van der Waals surface area (Å²) < 4.78 is 13.0. The Balaban J connectivity index is 0.000000561. The van der Waals surface area contributed by atoms with Crippen LogP contribution in [0, 0.1) is 11.8 Å².